The summed E-state index contributed by atoms with van der Waals surface area (Å²) in [6, 6.07) is 10.8. The number of carbonyl (C=O) groups is 2. The molecule has 180 valence electrons. The van der Waals surface area contributed by atoms with Gasteiger partial charge in [0, 0.05) is 6.54 Å². The van der Waals surface area contributed by atoms with Gasteiger partial charge in [-0.1, -0.05) is 50.2 Å². The smallest absolute Gasteiger partial charge is 0.416 e. The second-order valence-corrected chi connectivity index (χ2v) is 9.37. The number of esters is 1. The molecule has 0 bridgehead atoms. The summed E-state index contributed by atoms with van der Waals surface area (Å²) >= 11 is 0. The number of halogens is 3. The average molecular weight is 487 g/mol. The summed E-state index contributed by atoms with van der Waals surface area (Å²) in [5.41, 5.74) is -0.309. The Labute approximate surface area is 190 Å². The SMILES string of the molecule is CC(OC(=O)C(NS(=O)(=O)c1cccc(C(F)(F)F)c1)C(C)C)C(=O)NCc1ccccc1. The van der Waals surface area contributed by atoms with Crippen LogP contribution < -0.4 is 10.0 Å². The molecule has 0 aliphatic carbocycles. The zero-order valence-electron chi connectivity index (χ0n) is 18.2. The predicted molar refractivity (Wildman–Crippen MR) is 114 cm³/mol. The number of hydrogen-bond donors (Lipinski definition) is 2. The number of sulfonamides is 1. The maximum absolute atomic E-state index is 12.9. The predicted octanol–water partition coefficient (Wildman–Crippen LogP) is 3.26. The van der Waals surface area contributed by atoms with E-state index in [0.29, 0.717) is 6.07 Å². The number of ether oxygens (including phenoxy) is 1. The molecule has 0 heterocycles. The van der Waals surface area contributed by atoms with Gasteiger partial charge in [-0.15, -0.1) is 0 Å². The molecule has 0 spiro atoms. The van der Waals surface area contributed by atoms with Crippen LogP contribution in [-0.4, -0.2) is 32.4 Å². The third-order valence-corrected chi connectivity index (χ3v) is 6.08. The Bertz CT molecular complexity index is 1070. The summed E-state index contributed by atoms with van der Waals surface area (Å²) in [6.45, 7) is 4.59. The highest BCUT2D eigenvalue weighted by Gasteiger charge is 2.34. The Morgan fingerprint density at radius 2 is 1.64 bits per heavy atom. The van der Waals surface area contributed by atoms with Crippen molar-refractivity contribution >= 4 is 21.9 Å². The first-order valence-electron chi connectivity index (χ1n) is 10.0. The van der Waals surface area contributed by atoms with Crippen LogP contribution in [0.1, 0.15) is 31.9 Å². The molecule has 0 fully saturated rings. The lowest BCUT2D eigenvalue weighted by atomic mass is 10.1. The molecule has 0 radical (unpaired) electrons. The summed E-state index contributed by atoms with van der Waals surface area (Å²) in [6.07, 6.45) is -5.95. The lowest BCUT2D eigenvalue weighted by molar-refractivity contribution is -0.157. The van der Waals surface area contributed by atoms with Crippen molar-refractivity contribution in [1.29, 1.82) is 0 Å². The zero-order chi connectivity index (χ0) is 24.8. The van der Waals surface area contributed by atoms with E-state index in [1.54, 1.807) is 24.3 Å². The third-order valence-electron chi connectivity index (χ3n) is 4.65. The summed E-state index contributed by atoms with van der Waals surface area (Å²) < 4.78 is 71.3. The van der Waals surface area contributed by atoms with E-state index in [0.717, 1.165) is 23.8 Å². The van der Waals surface area contributed by atoms with Gasteiger partial charge < -0.3 is 10.1 Å². The van der Waals surface area contributed by atoms with Crippen LogP contribution in [0.15, 0.2) is 59.5 Å². The largest absolute Gasteiger partial charge is 0.451 e. The van der Waals surface area contributed by atoms with Crippen molar-refractivity contribution in [2.45, 2.75) is 50.5 Å². The second-order valence-electron chi connectivity index (χ2n) is 7.65. The number of amides is 1. The molecule has 11 heteroatoms. The lowest BCUT2D eigenvalue weighted by Gasteiger charge is -2.23. The number of hydrogen-bond acceptors (Lipinski definition) is 5. The lowest BCUT2D eigenvalue weighted by Crippen LogP contribution is -2.47. The molecule has 2 rings (SSSR count). The number of benzene rings is 2. The van der Waals surface area contributed by atoms with Gasteiger partial charge in [-0.05, 0) is 36.6 Å². The normalized spacial score (nSPS) is 13.9. The maximum Gasteiger partial charge on any atom is 0.416 e. The molecule has 2 aromatic carbocycles. The molecule has 0 saturated heterocycles. The second kappa shape index (κ2) is 10.8. The van der Waals surface area contributed by atoms with E-state index < -0.39 is 56.6 Å². The van der Waals surface area contributed by atoms with Crippen LogP contribution in [0.5, 0.6) is 0 Å². The Hall–Kier alpha value is -2.92. The molecular weight excluding hydrogens is 461 g/mol. The summed E-state index contributed by atoms with van der Waals surface area (Å²) in [7, 11) is -4.49. The average Bonchev–Trinajstić information content (AvgIpc) is 2.75. The number of rotatable bonds is 9. The van der Waals surface area contributed by atoms with Gasteiger partial charge in [0.2, 0.25) is 10.0 Å². The van der Waals surface area contributed by atoms with Gasteiger partial charge in [0.15, 0.2) is 6.10 Å². The van der Waals surface area contributed by atoms with Crippen molar-refractivity contribution < 1.29 is 35.9 Å². The molecule has 0 aliphatic rings. The van der Waals surface area contributed by atoms with Crippen molar-refractivity contribution in [2.75, 3.05) is 0 Å². The highest BCUT2D eigenvalue weighted by atomic mass is 32.2. The molecule has 2 N–H and O–H groups in total. The molecule has 2 atom stereocenters. The molecule has 0 aliphatic heterocycles. The highest BCUT2D eigenvalue weighted by Crippen LogP contribution is 2.30. The van der Waals surface area contributed by atoms with Crippen molar-refractivity contribution in [3.05, 3.63) is 65.7 Å². The summed E-state index contributed by atoms with van der Waals surface area (Å²) in [4.78, 5) is 24.2. The van der Waals surface area contributed by atoms with Crippen LogP contribution in [0, 0.1) is 5.92 Å². The van der Waals surface area contributed by atoms with Gasteiger partial charge >= 0.3 is 12.1 Å². The van der Waals surface area contributed by atoms with Crippen LogP contribution in [0.2, 0.25) is 0 Å². The van der Waals surface area contributed by atoms with E-state index in [-0.39, 0.29) is 6.54 Å². The van der Waals surface area contributed by atoms with Gasteiger partial charge in [-0.25, -0.2) is 8.42 Å². The fourth-order valence-electron chi connectivity index (χ4n) is 2.76. The maximum atomic E-state index is 12.9. The minimum Gasteiger partial charge on any atom is -0.451 e. The van der Waals surface area contributed by atoms with Crippen LogP contribution >= 0.6 is 0 Å². The Kier molecular flexibility index (Phi) is 8.62. The Balaban J connectivity index is 2.08. The van der Waals surface area contributed by atoms with E-state index in [1.807, 2.05) is 6.07 Å². The zero-order valence-corrected chi connectivity index (χ0v) is 19.0. The first-order chi connectivity index (χ1) is 15.3. The summed E-state index contributed by atoms with van der Waals surface area (Å²) in [5.74, 6) is -2.23. The van der Waals surface area contributed by atoms with Crippen LogP contribution in [-0.2, 0) is 37.1 Å². The Morgan fingerprint density at radius 1 is 1.00 bits per heavy atom. The minimum absolute atomic E-state index is 0.206. The number of alkyl halides is 3. The number of carbonyl (C=O) groups excluding carboxylic acids is 2. The van der Waals surface area contributed by atoms with E-state index in [4.69, 9.17) is 4.74 Å². The van der Waals surface area contributed by atoms with E-state index >= 15 is 0 Å². The van der Waals surface area contributed by atoms with E-state index in [9.17, 15) is 31.2 Å². The standard InChI is InChI=1S/C22H25F3N2O5S/c1-14(2)19(27-33(30,31)18-11-7-10-17(12-18)22(23,24)25)21(29)32-15(3)20(28)26-13-16-8-5-4-6-9-16/h4-12,14-15,19,27H,13H2,1-3H3,(H,26,28). The molecule has 7 nitrogen and oxygen atoms in total. The van der Waals surface area contributed by atoms with Gasteiger partial charge in [0.05, 0.1) is 10.5 Å². The molecule has 0 saturated carbocycles. The van der Waals surface area contributed by atoms with Crippen molar-refractivity contribution in [3.63, 3.8) is 0 Å². The molecule has 1 amide bonds. The molecule has 2 unspecified atom stereocenters. The van der Waals surface area contributed by atoms with Gasteiger partial charge in [0.25, 0.3) is 5.91 Å². The van der Waals surface area contributed by atoms with Gasteiger partial charge in [0.1, 0.15) is 6.04 Å². The monoisotopic (exact) mass is 486 g/mol. The number of nitrogens with one attached hydrogen (secondary N) is 2. The van der Waals surface area contributed by atoms with Gasteiger partial charge in [-0.3, -0.25) is 9.59 Å². The molecule has 0 aromatic heterocycles. The minimum atomic E-state index is -4.73. The van der Waals surface area contributed by atoms with Crippen LogP contribution in [0.3, 0.4) is 0 Å². The molecular formula is C22H25F3N2O5S. The van der Waals surface area contributed by atoms with Crippen molar-refractivity contribution in [1.82, 2.24) is 10.0 Å². The third kappa shape index (κ3) is 7.57. The first-order valence-corrected chi connectivity index (χ1v) is 11.5. The molecule has 2 aromatic rings. The Morgan fingerprint density at radius 3 is 2.21 bits per heavy atom. The quantitative estimate of drug-likeness (QED) is 0.530. The van der Waals surface area contributed by atoms with E-state index in [2.05, 4.69) is 10.0 Å². The van der Waals surface area contributed by atoms with Crippen LogP contribution in [0.25, 0.3) is 0 Å². The van der Waals surface area contributed by atoms with Crippen molar-refractivity contribution in [3.8, 4) is 0 Å². The van der Waals surface area contributed by atoms with E-state index in [1.165, 1.54) is 20.8 Å². The fraction of sp³-hybridized carbons (Fsp3) is 0.364. The van der Waals surface area contributed by atoms with Crippen LogP contribution in [0.4, 0.5) is 13.2 Å². The van der Waals surface area contributed by atoms with Crippen molar-refractivity contribution in [2.24, 2.45) is 5.92 Å². The molecule has 33 heavy (non-hydrogen) atoms. The van der Waals surface area contributed by atoms with Gasteiger partial charge in [-0.2, -0.15) is 17.9 Å². The highest BCUT2D eigenvalue weighted by molar-refractivity contribution is 7.89. The first kappa shape index (κ1) is 26.3. The fourth-order valence-corrected chi connectivity index (χ4v) is 4.14. The topological polar surface area (TPSA) is 102 Å². The summed E-state index contributed by atoms with van der Waals surface area (Å²) in [5, 5.41) is 2.61.